The fraction of sp³-hybridized carbons (Fsp3) is 0.588. The molecule has 1 aliphatic rings. The summed E-state index contributed by atoms with van der Waals surface area (Å²) < 4.78 is 17.9. The van der Waals surface area contributed by atoms with Crippen molar-refractivity contribution in [3.63, 3.8) is 0 Å². The van der Waals surface area contributed by atoms with E-state index >= 15 is 0 Å². The second kappa shape index (κ2) is 8.96. The van der Waals surface area contributed by atoms with Crippen LogP contribution in [-0.2, 0) is 9.53 Å². The molecule has 1 aromatic carbocycles. The molecule has 0 aliphatic carbocycles. The number of amides is 1. The number of ether oxygens (including phenoxy) is 1. The van der Waals surface area contributed by atoms with Gasteiger partial charge in [-0.2, -0.15) is 0 Å². The predicted molar refractivity (Wildman–Crippen MR) is 87.7 cm³/mol. The van der Waals surface area contributed by atoms with E-state index < -0.39 is 0 Å². The van der Waals surface area contributed by atoms with Crippen LogP contribution in [0.3, 0.4) is 0 Å². The van der Waals surface area contributed by atoms with E-state index in [1.807, 2.05) is 12.1 Å². The number of hydrogen-bond donors (Lipinski definition) is 1. The Kier molecular flexibility index (Phi) is 6.95. The molecule has 23 heavy (non-hydrogen) atoms. The first kappa shape index (κ1) is 17.8. The molecule has 0 spiro atoms. The summed E-state index contributed by atoms with van der Waals surface area (Å²) in [6.07, 6.45) is 0. The molecule has 1 unspecified atom stereocenters. The number of hydrogen-bond acceptors (Lipinski definition) is 4. The van der Waals surface area contributed by atoms with Crippen LogP contribution >= 0.6 is 0 Å². The number of nitrogens with zero attached hydrogens (tertiary/aromatic N) is 2. The van der Waals surface area contributed by atoms with Crippen molar-refractivity contribution in [2.24, 2.45) is 0 Å². The van der Waals surface area contributed by atoms with Crippen molar-refractivity contribution in [2.75, 3.05) is 53.0 Å². The highest BCUT2D eigenvalue weighted by molar-refractivity contribution is 5.78. The molecule has 1 saturated heterocycles. The third-order valence-electron chi connectivity index (χ3n) is 4.30. The molecule has 2 rings (SSSR count). The summed E-state index contributed by atoms with van der Waals surface area (Å²) in [6.45, 7) is 7.20. The van der Waals surface area contributed by atoms with Crippen LogP contribution in [0.4, 0.5) is 4.39 Å². The molecule has 1 fully saturated rings. The maximum Gasteiger partial charge on any atom is 0.234 e. The second-order valence-electron chi connectivity index (χ2n) is 5.88. The van der Waals surface area contributed by atoms with Gasteiger partial charge in [-0.1, -0.05) is 12.1 Å². The standard InChI is InChI=1S/C17H26FN3O2/c1-14(15-3-5-16(18)6-4-15)21-10-8-20(9-11-21)13-17(22)19-7-12-23-2/h3-6,14H,7-13H2,1-2H3,(H,19,22). The summed E-state index contributed by atoms with van der Waals surface area (Å²) in [5.74, 6) is -0.160. The monoisotopic (exact) mass is 323 g/mol. The van der Waals surface area contributed by atoms with Gasteiger partial charge in [0.15, 0.2) is 0 Å². The largest absolute Gasteiger partial charge is 0.383 e. The Hall–Kier alpha value is -1.50. The minimum atomic E-state index is -0.203. The van der Waals surface area contributed by atoms with Gasteiger partial charge in [-0.15, -0.1) is 0 Å². The summed E-state index contributed by atoms with van der Waals surface area (Å²) in [7, 11) is 1.62. The Balaban J connectivity index is 1.75. The number of carbonyl (C=O) groups is 1. The quantitative estimate of drug-likeness (QED) is 0.768. The molecular formula is C17H26FN3O2. The first-order valence-corrected chi connectivity index (χ1v) is 8.07. The van der Waals surface area contributed by atoms with Gasteiger partial charge in [-0.05, 0) is 24.6 Å². The maximum atomic E-state index is 13.0. The van der Waals surface area contributed by atoms with Crippen LogP contribution in [0.15, 0.2) is 24.3 Å². The molecule has 5 nitrogen and oxygen atoms in total. The van der Waals surface area contributed by atoms with E-state index in [4.69, 9.17) is 4.74 Å². The van der Waals surface area contributed by atoms with E-state index in [0.29, 0.717) is 19.7 Å². The Bertz CT molecular complexity index is 487. The summed E-state index contributed by atoms with van der Waals surface area (Å²) in [4.78, 5) is 16.3. The van der Waals surface area contributed by atoms with Crippen molar-refractivity contribution < 1.29 is 13.9 Å². The van der Waals surface area contributed by atoms with E-state index in [0.717, 1.165) is 31.7 Å². The number of halogens is 1. The van der Waals surface area contributed by atoms with Crippen molar-refractivity contribution in [1.29, 1.82) is 0 Å². The van der Waals surface area contributed by atoms with Gasteiger partial charge in [0.25, 0.3) is 0 Å². The lowest BCUT2D eigenvalue weighted by Crippen LogP contribution is -2.50. The average Bonchev–Trinajstić information content (AvgIpc) is 2.56. The van der Waals surface area contributed by atoms with Crippen molar-refractivity contribution in [3.8, 4) is 0 Å². The highest BCUT2D eigenvalue weighted by Crippen LogP contribution is 2.21. The molecule has 1 amide bonds. The number of carbonyl (C=O) groups excluding carboxylic acids is 1. The lowest BCUT2D eigenvalue weighted by molar-refractivity contribution is -0.122. The number of benzene rings is 1. The molecule has 0 bridgehead atoms. The van der Waals surface area contributed by atoms with Gasteiger partial charge < -0.3 is 10.1 Å². The Morgan fingerprint density at radius 3 is 2.52 bits per heavy atom. The number of rotatable bonds is 7. The molecule has 1 aliphatic heterocycles. The molecule has 0 aromatic heterocycles. The lowest BCUT2D eigenvalue weighted by Gasteiger charge is -2.38. The molecule has 6 heteroatoms. The molecular weight excluding hydrogens is 297 g/mol. The van der Waals surface area contributed by atoms with Gasteiger partial charge in [0.2, 0.25) is 5.91 Å². The number of nitrogens with one attached hydrogen (secondary N) is 1. The van der Waals surface area contributed by atoms with Crippen LogP contribution in [-0.4, -0.2) is 68.7 Å². The van der Waals surface area contributed by atoms with Gasteiger partial charge in [-0.3, -0.25) is 14.6 Å². The van der Waals surface area contributed by atoms with Crippen LogP contribution < -0.4 is 5.32 Å². The second-order valence-corrected chi connectivity index (χ2v) is 5.88. The molecule has 0 saturated carbocycles. The number of piperazine rings is 1. The van der Waals surface area contributed by atoms with Gasteiger partial charge in [0, 0.05) is 45.9 Å². The van der Waals surface area contributed by atoms with Gasteiger partial charge >= 0.3 is 0 Å². The summed E-state index contributed by atoms with van der Waals surface area (Å²) in [6, 6.07) is 6.96. The first-order valence-electron chi connectivity index (χ1n) is 8.07. The Morgan fingerprint density at radius 1 is 1.26 bits per heavy atom. The maximum absolute atomic E-state index is 13.0. The molecule has 1 heterocycles. The summed E-state index contributed by atoms with van der Waals surface area (Å²) in [5, 5.41) is 2.84. The van der Waals surface area contributed by atoms with E-state index in [1.165, 1.54) is 12.1 Å². The third-order valence-corrected chi connectivity index (χ3v) is 4.30. The minimum absolute atomic E-state index is 0.0436. The van der Waals surface area contributed by atoms with Crippen molar-refractivity contribution >= 4 is 5.91 Å². The zero-order chi connectivity index (χ0) is 16.7. The summed E-state index contributed by atoms with van der Waals surface area (Å²) in [5.41, 5.74) is 1.12. The van der Waals surface area contributed by atoms with Crippen LogP contribution in [0.2, 0.25) is 0 Å². The molecule has 1 aromatic rings. The van der Waals surface area contributed by atoms with Crippen LogP contribution in [0.25, 0.3) is 0 Å². The smallest absolute Gasteiger partial charge is 0.234 e. The van der Waals surface area contributed by atoms with Gasteiger partial charge in [-0.25, -0.2) is 4.39 Å². The molecule has 0 radical (unpaired) electrons. The average molecular weight is 323 g/mol. The van der Waals surface area contributed by atoms with Crippen molar-refractivity contribution in [2.45, 2.75) is 13.0 Å². The zero-order valence-corrected chi connectivity index (χ0v) is 13.9. The van der Waals surface area contributed by atoms with E-state index in [-0.39, 0.29) is 17.8 Å². The molecule has 1 N–H and O–H groups in total. The fourth-order valence-corrected chi connectivity index (χ4v) is 2.81. The van der Waals surface area contributed by atoms with E-state index in [2.05, 4.69) is 22.0 Å². The van der Waals surface area contributed by atoms with Gasteiger partial charge in [0.05, 0.1) is 13.2 Å². The topological polar surface area (TPSA) is 44.8 Å². The third kappa shape index (κ3) is 5.57. The van der Waals surface area contributed by atoms with E-state index in [9.17, 15) is 9.18 Å². The van der Waals surface area contributed by atoms with Crippen molar-refractivity contribution in [3.05, 3.63) is 35.6 Å². The number of methoxy groups -OCH3 is 1. The SMILES string of the molecule is COCCNC(=O)CN1CCN(C(C)c2ccc(F)cc2)CC1. The van der Waals surface area contributed by atoms with Crippen molar-refractivity contribution in [1.82, 2.24) is 15.1 Å². The minimum Gasteiger partial charge on any atom is -0.383 e. The van der Waals surface area contributed by atoms with Gasteiger partial charge in [0.1, 0.15) is 5.82 Å². The normalized spacial score (nSPS) is 17.9. The predicted octanol–water partition coefficient (Wildman–Crippen LogP) is 1.27. The lowest BCUT2D eigenvalue weighted by atomic mass is 10.1. The highest BCUT2D eigenvalue weighted by atomic mass is 19.1. The molecule has 128 valence electrons. The summed E-state index contributed by atoms with van der Waals surface area (Å²) >= 11 is 0. The fourth-order valence-electron chi connectivity index (χ4n) is 2.81. The van der Waals surface area contributed by atoms with Crippen LogP contribution in [0, 0.1) is 5.82 Å². The highest BCUT2D eigenvalue weighted by Gasteiger charge is 2.23. The van der Waals surface area contributed by atoms with Crippen LogP contribution in [0.1, 0.15) is 18.5 Å². The first-order chi connectivity index (χ1) is 11.1. The van der Waals surface area contributed by atoms with E-state index in [1.54, 1.807) is 7.11 Å². The van der Waals surface area contributed by atoms with Crippen LogP contribution in [0.5, 0.6) is 0 Å². The Morgan fingerprint density at radius 2 is 1.91 bits per heavy atom. The molecule has 1 atom stereocenters. The Labute approximate surface area is 137 Å². The zero-order valence-electron chi connectivity index (χ0n) is 13.9.